The number of fused-ring (bicyclic) bond motifs is 1. The molecule has 6 heteroatoms. The number of pyridine rings is 2. The SMILES string of the molecule is CC(C)(N)c1ccc(-c2ccc3cnccc3c2[N+](=O)[O-])nc1. The van der Waals surface area contributed by atoms with Gasteiger partial charge in [0, 0.05) is 29.5 Å². The van der Waals surface area contributed by atoms with Crippen LogP contribution in [-0.4, -0.2) is 14.9 Å². The van der Waals surface area contributed by atoms with Gasteiger partial charge in [-0.1, -0.05) is 12.1 Å². The molecule has 0 amide bonds. The Bertz CT molecular complexity index is 883. The Morgan fingerprint density at radius 2 is 1.91 bits per heavy atom. The maximum atomic E-state index is 11.6. The van der Waals surface area contributed by atoms with E-state index in [9.17, 15) is 10.1 Å². The van der Waals surface area contributed by atoms with Crippen LogP contribution >= 0.6 is 0 Å². The zero-order valence-corrected chi connectivity index (χ0v) is 12.9. The predicted molar refractivity (Wildman–Crippen MR) is 88.8 cm³/mol. The molecule has 0 bridgehead atoms. The second kappa shape index (κ2) is 5.40. The van der Waals surface area contributed by atoms with E-state index in [0.29, 0.717) is 16.6 Å². The Hall–Kier alpha value is -2.86. The minimum atomic E-state index is -0.507. The number of nitrogens with zero attached hydrogens (tertiary/aromatic N) is 3. The van der Waals surface area contributed by atoms with Crippen LogP contribution in [0.4, 0.5) is 5.69 Å². The van der Waals surface area contributed by atoms with Crippen LogP contribution in [0.2, 0.25) is 0 Å². The molecular weight excluding hydrogens is 292 g/mol. The summed E-state index contributed by atoms with van der Waals surface area (Å²) in [4.78, 5) is 19.6. The molecule has 2 N–H and O–H groups in total. The maximum absolute atomic E-state index is 11.6. The number of benzene rings is 1. The Morgan fingerprint density at radius 3 is 2.52 bits per heavy atom. The van der Waals surface area contributed by atoms with E-state index in [2.05, 4.69) is 9.97 Å². The van der Waals surface area contributed by atoms with Gasteiger partial charge in [-0.2, -0.15) is 0 Å². The van der Waals surface area contributed by atoms with Gasteiger partial charge in [0.2, 0.25) is 0 Å². The van der Waals surface area contributed by atoms with Gasteiger partial charge in [0.1, 0.15) is 0 Å². The van der Waals surface area contributed by atoms with E-state index in [0.717, 1.165) is 10.9 Å². The van der Waals surface area contributed by atoms with Crippen LogP contribution in [0.15, 0.2) is 48.9 Å². The molecule has 0 unspecified atom stereocenters. The first-order valence-electron chi connectivity index (χ1n) is 7.15. The quantitative estimate of drug-likeness (QED) is 0.591. The van der Waals surface area contributed by atoms with Crippen molar-refractivity contribution >= 4 is 16.5 Å². The van der Waals surface area contributed by atoms with Crippen molar-refractivity contribution in [3.63, 3.8) is 0 Å². The van der Waals surface area contributed by atoms with Crippen molar-refractivity contribution in [2.24, 2.45) is 5.73 Å². The zero-order chi connectivity index (χ0) is 16.6. The van der Waals surface area contributed by atoms with Crippen LogP contribution in [-0.2, 0) is 5.54 Å². The highest BCUT2D eigenvalue weighted by molar-refractivity contribution is 5.97. The molecule has 0 aliphatic heterocycles. The first-order chi connectivity index (χ1) is 10.9. The van der Waals surface area contributed by atoms with E-state index in [4.69, 9.17) is 5.73 Å². The first kappa shape index (κ1) is 15.1. The van der Waals surface area contributed by atoms with Gasteiger partial charge < -0.3 is 5.73 Å². The molecule has 0 aliphatic rings. The van der Waals surface area contributed by atoms with Crippen LogP contribution in [0.25, 0.3) is 22.0 Å². The highest BCUT2D eigenvalue weighted by Crippen LogP contribution is 2.35. The number of hydrogen-bond acceptors (Lipinski definition) is 5. The average Bonchev–Trinajstić information content (AvgIpc) is 2.53. The van der Waals surface area contributed by atoms with Gasteiger partial charge in [0.05, 0.1) is 21.6 Å². The van der Waals surface area contributed by atoms with Crippen molar-refractivity contribution in [1.82, 2.24) is 9.97 Å². The summed E-state index contributed by atoms with van der Waals surface area (Å²) in [5.41, 5.74) is 7.47. The first-order valence-corrected chi connectivity index (χ1v) is 7.15. The summed E-state index contributed by atoms with van der Waals surface area (Å²) >= 11 is 0. The fraction of sp³-hybridized carbons (Fsp3) is 0.176. The molecule has 3 rings (SSSR count). The molecule has 0 saturated heterocycles. The van der Waals surface area contributed by atoms with Crippen LogP contribution < -0.4 is 5.73 Å². The molecule has 116 valence electrons. The molecule has 0 spiro atoms. The molecule has 0 aliphatic carbocycles. The third-order valence-electron chi connectivity index (χ3n) is 3.76. The van der Waals surface area contributed by atoms with Crippen molar-refractivity contribution in [2.45, 2.75) is 19.4 Å². The molecule has 2 aromatic heterocycles. The Kier molecular flexibility index (Phi) is 3.54. The van der Waals surface area contributed by atoms with Crippen LogP contribution in [0.5, 0.6) is 0 Å². The Morgan fingerprint density at radius 1 is 1.13 bits per heavy atom. The molecule has 2 heterocycles. The number of aromatic nitrogens is 2. The van der Waals surface area contributed by atoms with Gasteiger partial charge in [-0.05, 0) is 37.6 Å². The monoisotopic (exact) mass is 308 g/mol. The Balaban J connectivity index is 2.20. The number of rotatable bonds is 3. The topological polar surface area (TPSA) is 94.9 Å². The van der Waals surface area contributed by atoms with Crippen molar-refractivity contribution in [3.8, 4) is 11.3 Å². The van der Waals surface area contributed by atoms with Gasteiger partial charge in [-0.15, -0.1) is 0 Å². The summed E-state index contributed by atoms with van der Waals surface area (Å²) in [5.74, 6) is 0. The average molecular weight is 308 g/mol. The summed E-state index contributed by atoms with van der Waals surface area (Å²) < 4.78 is 0. The minimum Gasteiger partial charge on any atom is -0.322 e. The standard InChI is InChI=1S/C17H16N4O2/c1-17(2,18)12-4-6-15(20-10-12)14-5-3-11-9-19-8-7-13(11)16(14)21(22)23/h3-10H,18H2,1-2H3. The van der Waals surface area contributed by atoms with Crippen molar-refractivity contribution in [3.05, 3.63) is 64.6 Å². The normalized spacial score (nSPS) is 11.6. The fourth-order valence-electron chi connectivity index (χ4n) is 2.49. The lowest BCUT2D eigenvalue weighted by atomic mass is 9.96. The van der Waals surface area contributed by atoms with E-state index < -0.39 is 5.54 Å². The number of nitrogens with two attached hydrogens (primary N) is 1. The number of nitro groups is 1. The molecule has 0 radical (unpaired) electrons. The van der Waals surface area contributed by atoms with E-state index in [1.165, 1.54) is 0 Å². The van der Waals surface area contributed by atoms with Crippen LogP contribution in [0, 0.1) is 10.1 Å². The Labute approximate surface area is 133 Å². The largest absolute Gasteiger partial charge is 0.322 e. The summed E-state index contributed by atoms with van der Waals surface area (Å²) in [6, 6.07) is 8.78. The third kappa shape index (κ3) is 2.76. The highest BCUT2D eigenvalue weighted by atomic mass is 16.6. The van der Waals surface area contributed by atoms with Gasteiger partial charge in [0.25, 0.3) is 5.69 Å². The van der Waals surface area contributed by atoms with Gasteiger partial charge >= 0.3 is 0 Å². The van der Waals surface area contributed by atoms with Crippen molar-refractivity contribution in [1.29, 1.82) is 0 Å². The van der Waals surface area contributed by atoms with Gasteiger partial charge in [-0.25, -0.2) is 0 Å². The second-order valence-corrected chi connectivity index (χ2v) is 5.97. The van der Waals surface area contributed by atoms with Gasteiger partial charge in [-0.3, -0.25) is 20.1 Å². The maximum Gasteiger partial charge on any atom is 0.286 e. The number of nitro benzene ring substituents is 1. The van der Waals surface area contributed by atoms with Crippen molar-refractivity contribution < 1.29 is 4.92 Å². The highest BCUT2D eigenvalue weighted by Gasteiger charge is 2.21. The molecular formula is C17H16N4O2. The molecule has 0 fully saturated rings. The van der Waals surface area contributed by atoms with E-state index in [1.807, 2.05) is 26.0 Å². The fourth-order valence-corrected chi connectivity index (χ4v) is 2.49. The molecule has 6 nitrogen and oxygen atoms in total. The lowest BCUT2D eigenvalue weighted by Gasteiger charge is -2.18. The predicted octanol–water partition coefficient (Wildman–Crippen LogP) is 3.40. The van der Waals surface area contributed by atoms with E-state index in [1.54, 1.807) is 36.8 Å². The zero-order valence-electron chi connectivity index (χ0n) is 12.9. The third-order valence-corrected chi connectivity index (χ3v) is 3.76. The lowest BCUT2D eigenvalue weighted by molar-refractivity contribution is -0.382. The summed E-state index contributed by atoms with van der Waals surface area (Å²) in [6.45, 7) is 3.77. The molecule has 23 heavy (non-hydrogen) atoms. The summed E-state index contributed by atoms with van der Waals surface area (Å²) in [7, 11) is 0. The minimum absolute atomic E-state index is 0.0390. The van der Waals surface area contributed by atoms with Crippen LogP contribution in [0.3, 0.4) is 0 Å². The molecule has 0 saturated carbocycles. The van der Waals surface area contributed by atoms with E-state index in [-0.39, 0.29) is 10.6 Å². The number of hydrogen-bond donors (Lipinski definition) is 1. The lowest BCUT2D eigenvalue weighted by Crippen LogP contribution is -2.28. The molecule has 1 aromatic carbocycles. The smallest absolute Gasteiger partial charge is 0.286 e. The molecule has 3 aromatic rings. The van der Waals surface area contributed by atoms with Gasteiger partial charge in [0.15, 0.2) is 0 Å². The van der Waals surface area contributed by atoms with Crippen LogP contribution in [0.1, 0.15) is 19.4 Å². The summed E-state index contributed by atoms with van der Waals surface area (Å²) in [5, 5.41) is 12.8. The second-order valence-electron chi connectivity index (χ2n) is 5.97. The van der Waals surface area contributed by atoms with E-state index >= 15 is 0 Å². The molecule has 0 atom stereocenters. The van der Waals surface area contributed by atoms with Crippen molar-refractivity contribution in [2.75, 3.05) is 0 Å². The summed E-state index contributed by atoms with van der Waals surface area (Å²) in [6.07, 6.45) is 4.82.